The molecule has 0 spiro atoms. The van der Waals surface area contributed by atoms with Crippen LogP contribution >= 0.6 is 11.6 Å². The molecule has 0 fully saturated rings. The van der Waals surface area contributed by atoms with Crippen LogP contribution in [0.3, 0.4) is 0 Å². The molecule has 37 heavy (non-hydrogen) atoms. The maximum atomic E-state index is 14.0. The van der Waals surface area contributed by atoms with Crippen LogP contribution < -0.4 is 20.9 Å². The van der Waals surface area contributed by atoms with Crippen LogP contribution in [0.5, 0.6) is 0 Å². The van der Waals surface area contributed by atoms with Gasteiger partial charge in [-0.1, -0.05) is 11.6 Å². The smallest absolute Gasteiger partial charge is 0.326 e. The molecule has 0 saturated carbocycles. The summed E-state index contributed by atoms with van der Waals surface area (Å²) >= 11 is 6.29. The average Bonchev–Trinajstić information content (AvgIpc) is 3.35. The summed E-state index contributed by atoms with van der Waals surface area (Å²) in [6.07, 6.45) is -3.30. The molecular formula is C25H19ClF4N4O3. The number of aliphatic hydroxyl groups is 1. The average molecular weight is 535 g/mol. The number of nitrogens with one attached hydrogen (secondary N) is 3. The Morgan fingerprint density at radius 1 is 1.16 bits per heavy atom. The summed E-state index contributed by atoms with van der Waals surface area (Å²) in [5, 5.41) is 19.0. The molecule has 7 nitrogen and oxygen atoms in total. The maximum absolute atomic E-state index is 14.0. The van der Waals surface area contributed by atoms with Crippen LogP contribution in [0.1, 0.15) is 33.1 Å². The molecule has 3 amide bonds. The second kappa shape index (κ2) is 8.93. The van der Waals surface area contributed by atoms with Crippen molar-refractivity contribution in [3.05, 3.63) is 87.4 Å². The fraction of sp³-hybridized carbons (Fsp3) is 0.200. The van der Waals surface area contributed by atoms with Crippen molar-refractivity contribution < 1.29 is 32.3 Å². The SMILES string of the molecule is CNc1cc(NC(=O)N2C[C@](O)(C(F)F)c3cc(F)ccc32)c2c(c1)C(=O)N[C@H]2c1cc(F)ccc1Cl. The Kier molecular flexibility index (Phi) is 5.99. The van der Waals surface area contributed by atoms with Gasteiger partial charge in [0.2, 0.25) is 0 Å². The van der Waals surface area contributed by atoms with Crippen molar-refractivity contribution in [2.45, 2.75) is 18.1 Å². The van der Waals surface area contributed by atoms with Crippen molar-refractivity contribution in [1.82, 2.24) is 5.32 Å². The molecular weight excluding hydrogens is 516 g/mol. The fourth-order valence-electron chi connectivity index (χ4n) is 4.70. The number of carbonyl (C=O) groups is 2. The topological polar surface area (TPSA) is 93.7 Å². The zero-order valence-corrected chi connectivity index (χ0v) is 19.8. The molecule has 0 radical (unpaired) electrons. The molecule has 0 unspecified atom stereocenters. The van der Waals surface area contributed by atoms with E-state index in [4.69, 9.17) is 11.6 Å². The third-order valence-corrected chi connectivity index (χ3v) is 6.85. The number of anilines is 3. The Bertz CT molecular complexity index is 1450. The van der Waals surface area contributed by atoms with Crippen molar-refractivity contribution in [2.24, 2.45) is 0 Å². The van der Waals surface area contributed by atoms with E-state index in [0.29, 0.717) is 5.69 Å². The lowest BCUT2D eigenvalue weighted by molar-refractivity contribution is -0.0892. The summed E-state index contributed by atoms with van der Waals surface area (Å²) in [7, 11) is 1.59. The van der Waals surface area contributed by atoms with E-state index >= 15 is 0 Å². The molecule has 2 atom stereocenters. The van der Waals surface area contributed by atoms with Crippen molar-refractivity contribution in [3.8, 4) is 0 Å². The van der Waals surface area contributed by atoms with Gasteiger partial charge in [-0.2, -0.15) is 0 Å². The standard InChI is InChI=1S/C25H19ClF4N4O3/c1-31-13-8-15-20(21(33-22(15)35)14-6-11(27)2-4-17(14)26)18(9-13)32-24(36)34-10-25(37,23(29)30)16-7-12(28)3-5-19(16)34/h2-9,21,23,31,37H,10H2,1H3,(H,32,36)(H,33,35)/t21-,25+/m0/s1. The number of urea groups is 1. The number of benzene rings is 3. The Hall–Kier alpha value is -3.83. The second-order valence-electron chi connectivity index (χ2n) is 8.71. The van der Waals surface area contributed by atoms with Gasteiger partial charge < -0.3 is 21.1 Å². The van der Waals surface area contributed by atoms with Gasteiger partial charge in [0.25, 0.3) is 12.3 Å². The van der Waals surface area contributed by atoms with Crippen LogP contribution in [0.25, 0.3) is 0 Å². The fourth-order valence-corrected chi connectivity index (χ4v) is 4.93. The van der Waals surface area contributed by atoms with E-state index in [2.05, 4.69) is 16.0 Å². The van der Waals surface area contributed by atoms with Crippen LogP contribution in [0.4, 0.5) is 39.4 Å². The van der Waals surface area contributed by atoms with Crippen LogP contribution in [-0.4, -0.2) is 37.1 Å². The minimum Gasteiger partial charge on any atom is -0.388 e. The van der Waals surface area contributed by atoms with Gasteiger partial charge in [0.15, 0.2) is 5.60 Å². The second-order valence-corrected chi connectivity index (χ2v) is 9.12. The van der Waals surface area contributed by atoms with E-state index in [9.17, 15) is 32.3 Å². The summed E-state index contributed by atoms with van der Waals surface area (Å²) in [5.74, 6) is -1.94. The molecule has 12 heteroatoms. The monoisotopic (exact) mass is 534 g/mol. The van der Waals surface area contributed by atoms with Gasteiger partial charge >= 0.3 is 6.03 Å². The van der Waals surface area contributed by atoms with E-state index in [-0.39, 0.29) is 33.1 Å². The van der Waals surface area contributed by atoms with Gasteiger partial charge in [-0.15, -0.1) is 0 Å². The van der Waals surface area contributed by atoms with Gasteiger partial charge in [0.05, 0.1) is 24.0 Å². The van der Waals surface area contributed by atoms with Crippen LogP contribution in [-0.2, 0) is 5.60 Å². The number of carbonyl (C=O) groups excluding carboxylic acids is 2. The number of β-amino-alcohol motifs (C(OH)–C–C–N with tert-alkyl or cyclic N) is 1. The highest BCUT2D eigenvalue weighted by Crippen LogP contribution is 2.45. The van der Waals surface area contributed by atoms with Crippen molar-refractivity contribution in [1.29, 1.82) is 0 Å². The first-order valence-corrected chi connectivity index (χ1v) is 11.4. The largest absolute Gasteiger partial charge is 0.388 e. The van der Waals surface area contributed by atoms with Crippen molar-refractivity contribution in [3.63, 3.8) is 0 Å². The molecule has 2 aliphatic rings. The van der Waals surface area contributed by atoms with E-state index in [1.165, 1.54) is 18.2 Å². The van der Waals surface area contributed by atoms with Gasteiger partial charge in [0, 0.05) is 40.0 Å². The first-order valence-electron chi connectivity index (χ1n) is 11.0. The Morgan fingerprint density at radius 3 is 2.57 bits per heavy atom. The summed E-state index contributed by atoms with van der Waals surface area (Å²) < 4.78 is 55.5. The Balaban J connectivity index is 1.58. The van der Waals surface area contributed by atoms with Gasteiger partial charge in [0.1, 0.15) is 11.6 Å². The molecule has 192 valence electrons. The highest BCUT2D eigenvalue weighted by molar-refractivity contribution is 6.31. The number of hydrogen-bond acceptors (Lipinski definition) is 4. The number of hydrogen-bond donors (Lipinski definition) is 4. The Morgan fingerprint density at radius 2 is 1.86 bits per heavy atom. The Labute approximate surface area is 213 Å². The molecule has 0 aromatic heterocycles. The van der Waals surface area contributed by atoms with Crippen molar-refractivity contribution in [2.75, 3.05) is 29.1 Å². The molecule has 2 heterocycles. The minimum atomic E-state index is -3.30. The quantitative estimate of drug-likeness (QED) is 0.355. The number of fused-ring (bicyclic) bond motifs is 2. The molecule has 3 aromatic rings. The molecule has 4 N–H and O–H groups in total. The molecule has 3 aromatic carbocycles. The zero-order valence-electron chi connectivity index (χ0n) is 19.1. The van der Waals surface area contributed by atoms with E-state index < -0.39 is 53.7 Å². The first-order chi connectivity index (χ1) is 17.5. The predicted octanol–water partition coefficient (Wildman–Crippen LogP) is 5.00. The van der Waals surface area contributed by atoms with Crippen LogP contribution in [0.15, 0.2) is 48.5 Å². The van der Waals surface area contributed by atoms with E-state index in [1.54, 1.807) is 7.05 Å². The number of alkyl halides is 2. The first kappa shape index (κ1) is 24.8. The molecule has 0 saturated heterocycles. The highest BCUT2D eigenvalue weighted by atomic mass is 35.5. The molecule has 2 aliphatic heterocycles. The number of amides is 3. The summed E-state index contributed by atoms with van der Waals surface area (Å²) in [5.41, 5.74) is -2.02. The summed E-state index contributed by atoms with van der Waals surface area (Å²) in [6.45, 7) is -0.834. The summed E-state index contributed by atoms with van der Waals surface area (Å²) in [4.78, 5) is 27.1. The van der Waals surface area contributed by atoms with Crippen molar-refractivity contribution >= 4 is 40.6 Å². The minimum absolute atomic E-state index is 0.0953. The summed E-state index contributed by atoms with van der Waals surface area (Å²) in [6, 6.07) is 7.74. The zero-order chi connectivity index (χ0) is 26.6. The maximum Gasteiger partial charge on any atom is 0.326 e. The highest BCUT2D eigenvalue weighted by Gasteiger charge is 2.50. The lowest BCUT2D eigenvalue weighted by Gasteiger charge is -2.24. The third kappa shape index (κ3) is 4.04. The number of rotatable bonds is 4. The lowest BCUT2D eigenvalue weighted by Crippen LogP contribution is -2.43. The third-order valence-electron chi connectivity index (χ3n) is 6.51. The number of halogens is 5. The van der Waals surface area contributed by atoms with Gasteiger partial charge in [-0.3, -0.25) is 9.69 Å². The van der Waals surface area contributed by atoms with Crippen LogP contribution in [0, 0.1) is 11.6 Å². The lowest BCUT2D eigenvalue weighted by atomic mass is 9.95. The normalized spacial score (nSPS) is 20.1. The van der Waals surface area contributed by atoms with E-state index in [0.717, 1.165) is 35.2 Å². The molecule has 5 rings (SSSR count). The molecule has 0 aliphatic carbocycles. The van der Waals surface area contributed by atoms with Gasteiger partial charge in [-0.25, -0.2) is 22.4 Å². The van der Waals surface area contributed by atoms with Crippen LogP contribution in [0.2, 0.25) is 5.02 Å². The van der Waals surface area contributed by atoms with E-state index in [1.807, 2.05) is 0 Å². The number of nitrogens with zero attached hydrogens (tertiary/aromatic N) is 1. The molecule has 0 bridgehead atoms. The predicted molar refractivity (Wildman–Crippen MR) is 129 cm³/mol. The van der Waals surface area contributed by atoms with Gasteiger partial charge in [-0.05, 0) is 48.5 Å².